The Morgan fingerprint density at radius 2 is 2.15 bits per heavy atom. The van der Waals surface area contributed by atoms with Crippen LogP contribution in [0, 0.1) is 0 Å². The van der Waals surface area contributed by atoms with Gasteiger partial charge in [-0.15, -0.1) is 0 Å². The number of carbonyl (C=O) groups excluding carboxylic acids is 1. The first-order valence-electron chi connectivity index (χ1n) is 6.01. The van der Waals surface area contributed by atoms with E-state index in [4.69, 9.17) is 9.84 Å². The summed E-state index contributed by atoms with van der Waals surface area (Å²) < 4.78 is 33.0. The van der Waals surface area contributed by atoms with Gasteiger partial charge in [0.05, 0.1) is 19.9 Å². The van der Waals surface area contributed by atoms with Crippen molar-refractivity contribution in [1.29, 1.82) is 0 Å². The molecule has 1 heterocycles. The number of aromatic nitrogens is 1. The van der Waals surface area contributed by atoms with Crippen molar-refractivity contribution < 1.29 is 27.8 Å². The van der Waals surface area contributed by atoms with Crippen molar-refractivity contribution in [2.75, 3.05) is 20.3 Å². The molecule has 0 saturated heterocycles. The minimum atomic E-state index is -3.87. The van der Waals surface area contributed by atoms with Crippen LogP contribution in [0.15, 0.2) is 23.4 Å². The molecule has 1 aliphatic carbocycles. The molecule has 0 aliphatic heterocycles. The highest BCUT2D eigenvalue weighted by Crippen LogP contribution is 2.47. The third kappa shape index (κ3) is 2.36. The van der Waals surface area contributed by atoms with Gasteiger partial charge in [0.2, 0.25) is 9.84 Å². The quantitative estimate of drug-likeness (QED) is 0.734. The van der Waals surface area contributed by atoms with Gasteiger partial charge < -0.3 is 14.6 Å². The summed E-state index contributed by atoms with van der Waals surface area (Å²) in [4.78, 5) is 15.5. The molecule has 1 N–H and O–H groups in total. The number of esters is 1. The van der Waals surface area contributed by atoms with E-state index in [9.17, 15) is 13.2 Å². The second-order valence-corrected chi connectivity index (χ2v) is 6.60. The lowest BCUT2D eigenvalue weighted by Crippen LogP contribution is -2.34. The van der Waals surface area contributed by atoms with E-state index in [-0.39, 0.29) is 31.1 Å². The van der Waals surface area contributed by atoms with Crippen molar-refractivity contribution in [1.82, 2.24) is 4.98 Å². The molecule has 8 heteroatoms. The first kappa shape index (κ1) is 14.7. The molecule has 110 valence electrons. The van der Waals surface area contributed by atoms with Gasteiger partial charge in [0, 0.05) is 0 Å². The van der Waals surface area contributed by atoms with E-state index in [1.54, 1.807) is 0 Å². The molecule has 1 aliphatic rings. The van der Waals surface area contributed by atoms with Gasteiger partial charge in [-0.2, -0.15) is 0 Å². The van der Waals surface area contributed by atoms with Gasteiger partial charge >= 0.3 is 5.97 Å². The Balaban J connectivity index is 2.25. The Labute approximate surface area is 116 Å². The van der Waals surface area contributed by atoms with E-state index in [0.29, 0.717) is 5.75 Å². The van der Waals surface area contributed by atoms with Crippen molar-refractivity contribution in [2.45, 2.75) is 22.6 Å². The van der Waals surface area contributed by atoms with Gasteiger partial charge in [0.15, 0.2) is 9.77 Å². The molecule has 0 atom stereocenters. The molecule has 1 aromatic rings. The van der Waals surface area contributed by atoms with Gasteiger partial charge in [-0.1, -0.05) is 0 Å². The van der Waals surface area contributed by atoms with Crippen LogP contribution in [0.3, 0.4) is 0 Å². The van der Waals surface area contributed by atoms with E-state index in [2.05, 4.69) is 9.72 Å². The highest BCUT2D eigenvalue weighted by atomic mass is 32.2. The smallest absolute Gasteiger partial charge is 0.327 e. The molecule has 0 radical (unpaired) electrons. The number of pyridine rings is 1. The maximum Gasteiger partial charge on any atom is 0.327 e. The van der Waals surface area contributed by atoms with Crippen molar-refractivity contribution in [2.24, 2.45) is 0 Å². The van der Waals surface area contributed by atoms with E-state index in [0.717, 1.165) is 7.11 Å². The number of methoxy groups -OCH3 is 1. The van der Waals surface area contributed by atoms with Crippen LogP contribution in [0.2, 0.25) is 0 Å². The first-order chi connectivity index (χ1) is 9.48. The van der Waals surface area contributed by atoms with Crippen molar-refractivity contribution >= 4 is 15.8 Å². The molecule has 0 amide bonds. The zero-order chi connectivity index (χ0) is 14.8. The average molecular weight is 301 g/mol. The number of nitrogens with zero attached hydrogens (tertiary/aromatic N) is 1. The molecule has 1 fully saturated rings. The van der Waals surface area contributed by atoms with E-state index in [1.165, 1.54) is 18.3 Å². The summed E-state index contributed by atoms with van der Waals surface area (Å²) in [5.74, 6) is -0.402. The van der Waals surface area contributed by atoms with E-state index in [1.807, 2.05) is 0 Å². The van der Waals surface area contributed by atoms with Crippen molar-refractivity contribution in [3.05, 3.63) is 18.3 Å². The van der Waals surface area contributed by atoms with Gasteiger partial charge in [-0.05, 0) is 25.0 Å². The molecule has 20 heavy (non-hydrogen) atoms. The van der Waals surface area contributed by atoms with Gasteiger partial charge in [0.1, 0.15) is 12.4 Å². The van der Waals surface area contributed by atoms with E-state index < -0.39 is 20.6 Å². The monoisotopic (exact) mass is 301 g/mol. The Morgan fingerprint density at radius 1 is 1.45 bits per heavy atom. The molecular formula is C12H15NO6S. The lowest BCUT2D eigenvalue weighted by atomic mass is 10.4. The second-order valence-electron chi connectivity index (χ2n) is 4.39. The number of ether oxygens (including phenoxy) is 2. The summed E-state index contributed by atoms with van der Waals surface area (Å²) in [5.41, 5.74) is 0. The van der Waals surface area contributed by atoms with Crippen LogP contribution in [0.5, 0.6) is 5.75 Å². The predicted octanol–water partition coefficient (Wildman–Crippen LogP) is -0.0680. The summed E-state index contributed by atoms with van der Waals surface area (Å²) >= 11 is 0. The maximum absolute atomic E-state index is 12.4. The molecule has 0 unspecified atom stereocenters. The number of rotatable bonds is 6. The van der Waals surface area contributed by atoms with Crippen LogP contribution in [0.25, 0.3) is 0 Å². The molecule has 2 rings (SSSR count). The molecule has 0 aromatic carbocycles. The average Bonchev–Trinajstić information content (AvgIpc) is 3.26. The van der Waals surface area contributed by atoms with Crippen molar-refractivity contribution in [3.63, 3.8) is 0 Å². The highest BCUT2D eigenvalue weighted by molar-refractivity contribution is 7.93. The van der Waals surface area contributed by atoms with Crippen LogP contribution in [0.1, 0.15) is 12.8 Å². The standard InChI is InChI=1S/C12H15NO6S/c1-18-11(15)12(4-5-12)20(16,17)10-3-2-9(8-13-10)19-7-6-14/h2-3,8,14H,4-7H2,1H3. The number of sulfone groups is 1. The largest absolute Gasteiger partial charge is 0.490 e. The number of hydrogen-bond donors (Lipinski definition) is 1. The van der Waals surface area contributed by atoms with Gasteiger partial charge in [0.25, 0.3) is 0 Å². The zero-order valence-corrected chi connectivity index (χ0v) is 11.7. The summed E-state index contributed by atoms with van der Waals surface area (Å²) in [5, 5.41) is 8.44. The number of carbonyl (C=O) groups is 1. The Kier molecular flexibility index (Phi) is 3.96. The van der Waals surface area contributed by atoms with Crippen LogP contribution < -0.4 is 4.74 Å². The lowest BCUT2D eigenvalue weighted by Gasteiger charge is -2.13. The maximum atomic E-state index is 12.4. The fourth-order valence-corrected chi connectivity index (χ4v) is 3.64. The Bertz CT molecular complexity index is 591. The Morgan fingerprint density at radius 3 is 2.60 bits per heavy atom. The lowest BCUT2D eigenvalue weighted by molar-refractivity contribution is -0.140. The Hall–Kier alpha value is -1.67. The van der Waals surface area contributed by atoms with Gasteiger partial charge in [-0.25, -0.2) is 13.4 Å². The first-order valence-corrected chi connectivity index (χ1v) is 7.49. The topological polar surface area (TPSA) is 103 Å². The minimum Gasteiger partial charge on any atom is -0.490 e. The molecule has 0 spiro atoms. The molecule has 7 nitrogen and oxygen atoms in total. The van der Waals surface area contributed by atoms with E-state index >= 15 is 0 Å². The summed E-state index contributed by atoms with van der Waals surface area (Å²) in [7, 11) is -2.70. The fraction of sp³-hybridized carbons (Fsp3) is 0.500. The summed E-state index contributed by atoms with van der Waals surface area (Å²) in [6.45, 7) is -0.0502. The predicted molar refractivity (Wildman–Crippen MR) is 68.0 cm³/mol. The van der Waals surface area contributed by atoms with Gasteiger partial charge in [-0.3, -0.25) is 4.79 Å². The number of hydrogen-bond acceptors (Lipinski definition) is 7. The molecule has 1 saturated carbocycles. The molecule has 1 aromatic heterocycles. The summed E-state index contributed by atoms with van der Waals surface area (Å²) in [6.07, 6.45) is 1.73. The normalized spacial score (nSPS) is 16.5. The SMILES string of the molecule is COC(=O)C1(S(=O)(=O)c2ccc(OCCO)cn2)CC1. The fourth-order valence-electron chi connectivity index (χ4n) is 1.86. The van der Waals surface area contributed by atoms with Crippen LogP contribution in [-0.4, -0.2) is 49.5 Å². The van der Waals surface area contributed by atoms with Crippen LogP contribution >= 0.6 is 0 Å². The minimum absolute atomic E-state index is 0.0971. The summed E-state index contributed by atoms with van der Waals surface area (Å²) in [6, 6.07) is 2.72. The molecule has 0 bridgehead atoms. The van der Waals surface area contributed by atoms with Crippen LogP contribution in [0.4, 0.5) is 0 Å². The second kappa shape index (κ2) is 5.37. The number of aliphatic hydroxyl groups is 1. The van der Waals surface area contributed by atoms with Crippen molar-refractivity contribution in [3.8, 4) is 5.75 Å². The highest BCUT2D eigenvalue weighted by Gasteiger charge is 2.63. The zero-order valence-electron chi connectivity index (χ0n) is 10.9. The molecular weight excluding hydrogens is 286 g/mol. The third-order valence-corrected chi connectivity index (χ3v) is 5.52. The van der Waals surface area contributed by atoms with Crippen LogP contribution in [-0.2, 0) is 19.4 Å². The number of aliphatic hydroxyl groups excluding tert-OH is 1. The third-order valence-electron chi connectivity index (χ3n) is 3.12.